The molecule has 0 spiro atoms. The number of anilines is 2. The van der Waals surface area contributed by atoms with Gasteiger partial charge in [-0.25, -0.2) is 0 Å². The van der Waals surface area contributed by atoms with Crippen molar-refractivity contribution >= 4 is 28.8 Å². The number of fused-ring (bicyclic) bond motifs is 1. The highest BCUT2D eigenvalue weighted by Crippen LogP contribution is 2.20. The summed E-state index contributed by atoms with van der Waals surface area (Å²) in [6, 6.07) is 9.27. The summed E-state index contributed by atoms with van der Waals surface area (Å²) < 4.78 is 5.60. The van der Waals surface area contributed by atoms with Gasteiger partial charge >= 0.3 is 0 Å². The van der Waals surface area contributed by atoms with Gasteiger partial charge in [-0.15, -0.1) is 0 Å². The van der Waals surface area contributed by atoms with E-state index >= 15 is 0 Å². The molecule has 0 saturated carbocycles. The number of hydrogen-bond donors (Lipinski definition) is 1. The summed E-state index contributed by atoms with van der Waals surface area (Å²) in [6.45, 7) is 2.10. The maximum absolute atomic E-state index is 12.5. The summed E-state index contributed by atoms with van der Waals surface area (Å²) in [5, 5.41) is 3.73. The summed E-state index contributed by atoms with van der Waals surface area (Å²) in [4.78, 5) is 30.0. The fourth-order valence-corrected chi connectivity index (χ4v) is 3.07. The molecule has 1 amide bonds. The summed E-state index contributed by atoms with van der Waals surface area (Å²) in [5.41, 5.74) is 0.689. The van der Waals surface area contributed by atoms with Gasteiger partial charge in [0.05, 0.1) is 6.54 Å². The third kappa shape index (κ3) is 3.69. The van der Waals surface area contributed by atoms with Crippen LogP contribution >= 0.6 is 0 Å². The van der Waals surface area contributed by atoms with Crippen LogP contribution in [-0.2, 0) is 6.54 Å². The summed E-state index contributed by atoms with van der Waals surface area (Å²) >= 11 is 0. The molecular formula is C19H22N6O2. The quantitative estimate of drug-likeness (QED) is 0.741. The van der Waals surface area contributed by atoms with E-state index in [2.05, 4.69) is 25.2 Å². The van der Waals surface area contributed by atoms with Gasteiger partial charge < -0.3 is 19.5 Å². The second kappa shape index (κ2) is 7.22. The Morgan fingerprint density at radius 3 is 2.70 bits per heavy atom. The lowest BCUT2D eigenvalue weighted by molar-refractivity contribution is 0.0924. The molecule has 3 heterocycles. The number of para-hydroxylation sites is 1. The van der Waals surface area contributed by atoms with Gasteiger partial charge in [0, 0.05) is 32.6 Å². The molecular weight excluding hydrogens is 344 g/mol. The lowest BCUT2D eigenvalue weighted by Crippen LogP contribution is -2.27. The molecule has 0 bridgehead atoms. The van der Waals surface area contributed by atoms with E-state index in [0.717, 1.165) is 31.3 Å². The number of hydrogen-bond acceptors (Lipinski definition) is 7. The zero-order valence-electron chi connectivity index (χ0n) is 15.5. The number of nitrogens with one attached hydrogen (secondary N) is 1. The second-order valence-electron chi connectivity index (χ2n) is 6.77. The molecule has 1 N–H and O–H groups in total. The number of aromatic nitrogens is 3. The number of amides is 1. The average molecular weight is 366 g/mol. The molecule has 4 rings (SSSR count). The number of carbonyl (C=O) groups excluding carboxylic acids is 1. The first-order valence-electron chi connectivity index (χ1n) is 9.04. The maximum Gasteiger partial charge on any atom is 0.287 e. The Balaban J connectivity index is 1.51. The van der Waals surface area contributed by atoms with Crippen LogP contribution in [-0.4, -0.2) is 48.0 Å². The molecule has 1 aliphatic heterocycles. The monoisotopic (exact) mass is 366 g/mol. The third-order valence-electron chi connectivity index (χ3n) is 4.50. The van der Waals surface area contributed by atoms with E-state index in [1.54, 1.807) is 6.07 Å². The van der Waals surface area contributed by atoms with Crippen LogP contribution in [0.5, 0.6) is 0 Å². The largest absolute Gasteiger partial charge is 0.451 e. The van der Waals surface area contributed by atoms with Crippen molar-refractivity contribution < 1.29 is 9.21 Å². The minimum Gasteiger partial charge on any atom is -0.451 e. The maximum atomic E-state index is 12.5. The van der Waals surface area contributed by atoms with E-state index in [9.17, 15) is 4.79 Å². The molecule has 1 fully saturated rings. The molecule has 27 heavy (non-hydrogen) atoms. The van der Waals surface area contributed by atoms with Gasteiger partial charge in [-0.1, -0.05) is 18.2 Å². The lowest BCUT2D eigenvalue weighted by Gasteiger charge is -2.18. The number of furan rings is 1. The van der Waals surface area contributed by atoms with Crippen LogP contribution in [0.2, 0.25) is 0 Å². The first-order chi connectivity index (χ1) is 13.1. The highest BCUT2D eigenvalue weighted by atomic mass is 16.3. The molecule has 1 aromatic carbocycles. The molecule has 140 valence electrons. The minimum atomic E-state index is -0.291. The minimum absolute atomic E-state index is 0.208. The molecule has 3 aromatic rings. The van der Waals surface area contributed by atoms with Crippen LogP contribution in [0.4, 0.5) is 11.9 Å². The molecule has 8 nitrogen and oxygen atoms in total. The fourth-order valence-electron chi connectivity index (χ4n) is 3.07. The van der Waals surface area contributed by atoms with Crippen molar-refractivity contribution in [1.82, 2.24) is 20.3 Å². The van der Waals surface area contributed by atoms with E-state index in [1.165, 1.54) is 0 Å². The van der Waals surface area contributed by atoms with Gasteiger partial charge in [0.15, 0.2) is 11.6 Å². The third-order valence-corrected chi connectivity index (χ3v) is 4.50. The molecule has 0 atom stereocenters. The van der Waals surface area contributed by atoms with Crippen molar-refractivity contribution in [2.24, 2.45) is 0 Å². The summed E-state index contributed by atoms with van der Waals surface area (Å²) in [6.07, 6.45) is 2.28. The van der Waals surface area contributed by atoms with E-state index < -0.39 is 0 Å². The molecule has 1 saturated heterocycles. The highest BCUT2D eigenvalue weighted by Gasteiger charge is 2.19. The molecule has 2 aromatic heterocycles. The van der Waals surface area contributed by atoms with Crippen molar-refractivity contribution in [3.8, 4) is 0 Å². The van der Waals surface area contributed by atoms with Crippen LogP contribution in [0, 0.1) is 0 Å². The molecule has 8 heteroatoms. The van der Waals surface area contributed by atoms with Gasteiger partial charge in [-0.3, -0.25) is 4.79 Å². The summed E-state index contributed by atoms with van der Waals surface area (Å²) in [5.74, 6) is 1.76. The Morgan fingerprint density at radius 1 is 1.19 bits per heavy atom. The van der Waals surface area contributed by atoms with Crippen molar-refractivity contribution in [1.29, 1.82) is 0 Å². The zero-order chi connectivity index (χ0) is 18.8. The van der Waals surface area contributed by atoms with E-state index in [4.69, 9.17) is 4.42 Å². The Morgan fingerprint density at radius 2 is 1.96 bits per heavy atom. The van der Waals surface area contributed by atoms with Gasteiger partial charge in [0.25, 0.3) is 5.91 Å². The van der Waals surface area contributed by atoms with Gasteiger partial charge in [-0.2, -0.15) is 15.0 Å². The average Bonchev–Trinajstić information content (AvgIpc) is 3.35. The first-order valence-corrected chi connectivity index (χ1v) is 9.04. The van der Waals surface area contributed by atoms with Crippen molar-refractivity contribution in [3.05, 3.63) is 41.9 Å². The summed E-state index contributed by atoms with van der Waals surface area (Å²) in [7, 11) is 3.78. The number of nitrogens with zero attached hydrogens (tertiary/aromatic N) is 5. The smallest absolute Gasteiger partial charge is 0.287 e. The number of rotatable bonds is 5. The van der Waals surface area contributed by atoms with E-state index in [-0.39, 0.29) is 18.2 Å². The fraction of sp³-hybridized carbons (Fsp3) is 0.368. The zero-order valence-corrected chi connectivity index (χ0v) is 15.5. The van der Waals surface area contributed by atoms with Gasteiger partial charge in [-0.05, 0) is 25.0 Å². The van der Waals surface area contributed by atoms with Crippen molar-refractivity contribution in [2.75, 3.05) is 37.0 Å². The van der Waals surface area contributed by atoms with Crippen LogP contribution in [0.15, 0.2) is 34.7 Å². The lowest BCUT2D eigenvalue weighted by atomic mass is 10.2. The number of carbonyl (C=O) groups is 1. The predicted molar refractivity (Wildman–Crippen MR) is 103 cm³/mol. The van der Waals surface area contributed by atoms with E-state index in [1.807, 2.05) is 43.3 Å². The highest BCUT2D eigenvalue weighted by molar-refractivity contribution is 5.95. The second-order valence-corrected chi connectivity index (χ2v) is 6.77. The normalized spacial score (nSPS) is 13.9. The van der Waals surface area contributed by atoms with Crippen LogP contribution < -0.4 is 15.1 Å². The SMILES string of the molecule is CN(C)c1nc(CNC(=O)c2cc3ccccc3o2)nc(N2CCCC2)n1. The predicted octanol–water partition coefficient (Wildman–Crippen LogP) is 2.21. The van der Waals surface area contributed by atoms with Crippen LogP contribution in [0.1, 0.15) is 29.2 Å². The Hall–Kier alpha value is -3.16. The molecule has 1 aliphatic rings. The van der Waals surface area contributed by atoms with Crippen LogP contribution in [0.25, 0.3) is 11.0 Å². The Kier molecular flexibility index (Phi) is 4.62. The van der Waals surface area contributed by atoms with Gasteiger partial charge in [0.2, 0.25) is 11.9 Å². The van der Waals surface area contributed by atoms with E-state index in [0.29, 0.717) is 23.3 Å². The first kappa shape index (κ1) is 17.3. The molecule has 0 aliphatic carbocycles. The van der Waals surface area contributed by atoms with Crippen molar-refractivity contribution in [3.63, 3.8) is 0 Å². The topological polar surface area (TPSA) is 87.4 Å². The number of benzene rings is 1. The Bertz CT molecular complexity index is 929. The van der Waals surface area contributed by atoms with Crippen LogP contribution in [0.3, 0.4) is 0 Å². The van der Waals surface area contributed by atoms with Crippen molar-refractivity contribution in [2.45, 2.75) is 19.4 Å². The molecule has 0 radical (unpaired) electrons. The molecule has 0 unspecified atom stereocenters. The van der Waals surface area contributed by atoms with Gasteiger partial charge in [0.1, 0.15) is 5.58 Å². The standard InChI is InChI=1S/C19H22N6O2/c1-24(2)18-21-16(22-19(23-18)25-9-5-6-10-25)12-20-17(26)15-11-13-7-3-4-8-14(13)27-15/h3-4,7-8,11H,5-6,9-10,12H2,1-2H3,(H,20,26). The Labute approximate surface area is 157 Å².